The van der Waals surface area contributed by atoms with Gasteiger partial charge in [0.1, 0.15) is 0 Å². The van der Waals surface area contributed by atoms with Crippen LogP contribution < -0.4 is 5.32 Å². The van der Waals surface area contributed by atoms with E-state index in [0.717, 1.165) is 38.2 Å². The van der Waals surface area contributed by atoms with Crippen molar-refractivity contribution in [1.82, 2.24) is 20.1 Å². The number of rotatable bonds is 7. The SMILES string of the molecule is c1ccc(CCNCCCn2cccn2)nc1. The maximum absolute atomic E-state index is 4.28. The van der Waals surface area contributed by atoms with E-state index in [2.05, 4.69) is 21.5 Å². The largest absolute Gasteiger partial charge is 0.316 e. The summed E-state index contributed by atoms with van der Waals surface area (Å²) >= 11 is 0. The second-order valence-corrected chi connectivity index (χ2v) is 3.94. The highest BCUT2D eigenvalue weighted by molar-refractivity contribution is 5.03. The Labute approximate surface area is 102 Å². The molecule has 0 saturated carbocycles. The zero-order valence-corrected chi connectivity index (χ0v) is 9.92. The molecule has 0 unspecified atom stereocenters. The molecule has 2 rings (SSSR count). The first-order valence-corrected chi connectivity index (χ1v) is 6.03. The van der Waals surface area contributed by atoms with Crippen LogP contribution in [0.1, 0.15) is 12.1 Å². The number of aromatic nitrogens is 3. The Morgan fingerprint density at radius 3 is 2.88 bits per heavy atom. The van der Waals surface area contributed by atoms with Gasteiger partial charge < -0.3 is 5.32 Å². The summed E-state index contributed by atoms with van der Waals surface area (Å²) in [5.41, 5.74) is 1.15. The Balaban J connectivity index is 1.52. The Bertz CT molecular complexity index is 397. The van der Waals surface area contributed by atoms with Crippen molar-refractivity contribution in [3.8, 4) is 0 Å². The minimum atomic E-state index is 0.976. The van der Waals surface area contributed by atoms with Gasteiger partial charge in [0.05, 0.1) is 0 Å². The molecular formula is C13H18N4. The third kappa shape index (κ3) is 4.36. The van der Waals surface area contributed by atoms with E-state index in [0.29, 0.717) is 0 Å². The summed E-state index contributed by atoms with van der Waals surface area (Å²) in [7, 11) is 0. The number of nitrogens with zero attached hydrogens (tertiary/aromatic N) is 3. The standard InChI is InChI=1S/C13H18N4/c1-2-8-15-13(5-1)6-10-14-7-3-11-17-12-4-9-16-17/h1-2,4-5,8-9,12,14H,3,6-7,10-11H2. The van der Waals surface area contributed by atoms with Gasteiger partial charge in [0.15, 0.2) is 0 Å². The minimum absolute atomic E-state index is 0.976. The Morgan fingerprint density at radius 2 is 2.12 bits per heavy atom. The van der Waals surface area contributed by atoms with Crippen LogP contribution in [0.2, 0.25) is 0 Å². The van der Waals surface area contributed by atoms with E-state index in [1.807, 2.05) is 41.5 Å². The second-order valence-electron chi connectivity index (χ2n) is 3.94. The van der Waals surface area contributed by atoms with Crippen molar-refractivity contribution in [3.63, 3.8) is 0 Å². The molecule has 0 spiro atoms. The molecule has 2 aromatic rings. The highest BCUT2D eigenvalue weighted by Crippen LogP contribution is 1.93. The predicted octanol–water partition coefficient (Wildman–Crippen LogP) is 1.50. The third-order valence-electron chi connectivity index (χ3n) is 2.58. The highest BCUT2D eigenvalue weighted by Gasteiger charge is 1.93. The van der Waals surface area contributed by atoms with Crippen LogP contribution in [0.15, 0.2) is 42.9 Å². The first-order chi connectivity index (χ1) is 8.45. The topological polar surface area (TPSA) is 42.7 Å². The molecule has 17 heavy (non-hydrogen) atoms. The van der Waals surface area contributed by atoms with Crippen LogP contribution in [0.5, 0.6) is 0 Å². The van der Waals surface area contributed by atoms with Gasteiger partial charge in [-0.1, -0.05) is 6.07 Å². The number of hydrogen-bond acceptors (Lipinski definition) is 3. The van der Waals surface area contributed by atoms with Crippen LogP contribution in [0.3, 0.4) is 0 Å². The van der Waals surface area contributed by atoms with Gasteiger partial charge in [0, 0.05) is 43.8 Å². The van der Waals surface area contributed by atoms with Crippen molar-refractivity contribution < 1.29 is 0 Å². The number of hydrogen-bond donors (Lipinski definition) is 1. The number of aryl methyl sites for hydroxylation is 1. The molecule has 0 fully saturated rings. The number of pyridine rings is 1. The molecule has 4 heteroatoms. The lowest BCUT2D eigenvalue weighted by molar-refractivity contribution is 0.543. The van der Waals surface area contributed by atoms with Crippen LogP contribution in [0, 0.1) is 0 Å². The molecule has 4 nitrogen and oxygen atoms in total. The van der Waals surface area contributed by atoms with Crippen LogP contribution in [-0.4, -0.2) is 27.9 Å². The Morgan fingerprint density at radius 1 is 1.12 bits per heavy atom. The van der Waals surface area contributed by atoms with Gasteiger partial charge in [-0.05, 0) is 31.2 Å². The normalized spacial score (nSPS) is 10.6. The molecule has 2 heterocycles. The average Bonchev–Trinajstić information content (AvgIpc) is 2.88. The predicted molar refractivity (Wildman–Crippen MR) is 67.7 cm³/mol. The molecule has 0 bridgehead atoms. The fourth-order valence-corrected chi connectivity index (χ4v) is 1.69. The monoisotopic (exact) mass is 230 g/mol. The van der Waals surface area contributed by atoms with Crippen molar-refractivity contribution in [2.24, 2.45) is 0 Å². The maximum Gasteiger partial charge on any atom is 0.0489 e. The minimum Gasteiger partial charge on any atom is -0.316 e. The molecule has 2 aromatic heterocycles. The van der Waals surface area contributed by atoms with Crippen LogP contribution in [0.4, 0.5) is 0 Å². The van der Waals surface area contributed by atoms with E-state index in [4.69, 9.17) is 0 Å². The lowest BCUT2D eigenvalue weighted by Gasteiger charge is -2.04. The maximum atomic E-state index is 4.28. The molecule has 1 N–H and O–H groups in total. The smallest absolute Gasteiger partial charge is 0.0489 e. The molecule has 0 atom stereocenters. The summed E-state index contributed by atoms with van der Waals surface area (Å²) in [5, 5.41) is 7.58. The van der Waals surface area contributed by atoms with Crippen molar-refractivity contribution in [2.75, 3.05) is 13.1 Å². The molecule has 0 aliphatic carbocycles. The fraction of sp³-hybridized carbons (Fsp3) is 0.385. The zero-order valence-electron chi connectivity index (χ0n) is 9.92. The van der Waals surface area contributed by atoms with Crippen molar-refractivity contribution in [2.45, 2.75) is 19.4 Å². The molecular weight excluding hydrogens is 212 g/mol. The molecule has 0 radical (unpaired) electrons. The second kappa shape index (κ2) is 6.81. The molecule has 0 aliphatic rings. The molecule has 0 aromatic carbocycles. The van der Waals surface area contributed by atoms with Gasteiger partial charge in [-0.2, -0.15) is 5.10 Å². The first-order valence-electron chi connectivity index (χ1n) is 6.03. The Kier molecular flexibility index (Phi) is 4.72. The van der Waals surface area contributed by atoms with Gasteiger partial charge in [0.2, 0.25) is 0 Å². The summed E-state index contributed by atoms with van der Waals surface area (Å²) < 4.78 is 1.96. The van der Waals surface area contributed by atoms with Gasteiger partial charge in [-0.25, -0.2) is 0 Å². The lowest BCUT2D eigenvalue weighted by Crippen LogP contribution is -2.20. The van der Waals surface area contributed by atoms with Gasteiger partial charge >= 0.3 is 0 Å². The van der Waals surface area contributed by atoms with E-state index in [1.54, 1.807) is 0 Å². The molecule has 0 saturated heterocycles. The third-order valence-corrected chi connectivity index (χ3v) is 2.58. The van der Waals surface area contributed by atoms with Crippen LogP contribution in [-0.2, 0) is 13.0 Å². The molecule has 0 aliphatic heterocycles. The Hall–Kier alpha value is -1.68. The van der Waals surface area contributed by atoms with E-state index in [-0.39, 0.29) is 0 Å². The molecule has 90 valence electrons. The van der Waals surface area contributed by atoms with Crippen molar-refractivity contribution in [3.05, 3.63) is 48.5 Å². The van der Waals surface area contributed by atoms with Crippen molar-refractivity contribution >= 4 is 0 Å². The highest BCUT2D eigenvalue weighted by atomic mass is 15.3. The zero-order chi connectivity index (χ0) is 11.8. The van der Waals surface area contributed by atoms with Gasteiger partial charge in [-0.3, -0.25) is 9.67 Å². The van der Waals surface area contributed by atoms with E-state index >= 15 is 0 Å². The summed E-state index contributed by atoms with van der Waals surface area (Å²) in [5.74, 6) is 0. The fourth-order valence-electron chi connectivity index (χ4n) is 1.69. The summed E-state index contributed by atoms with van der Waals surface area (Å²) in [6, 6.07) is 7.99. The quantitative estimate of drug-likeness (QED) is 0.733. The van der Waals surface area contributed by atoms with E-state index in [9.17, 15) is 0 Å². The van der Waals surface area contributed by atoms with E-state index < -0.39 is 0 Å². The first kappa shape index (κ1) is 11.8. The van der Waals surface area contributed by atoms with Crippen LogP contribution >= 0.6 is 0 Å². The lowest BCUT2D eigenvalue weighted by atomic mass is 10.2. The number of nitrogens with one attached hydrogen (secondary N) is 1. The summed E-state index contributed by atoms with van der Waals surface area (Å²) in [6.07, 6.45) is 7.74. The summed E-state index contributed by atoms with van der Waals surface area (Å²) in [4.78, 5) is 4.28. The average molecular weight is 230 g/mol. The van der Waals surface area contributed by atoms with Gasteiger partial charge in [-0.15, -0.1) is 0 Å². The van der Waals surface area contributed by atoms with Crippen molar-refractivity contribution in [1.29, 1.82) is 0 Å². The van der Waals surface area contributed by atoms with Crippen LogP contribution in [0.25, 0.3) is 0 Å². The summed E-state index contributed by atoms with van der Waals surface area (Å²) in [6.45, 7) is 2.98. The molecule has 0 amide bonds. The van der Waals surface area contributed by atoms with Gasteiger partial charge in [0.25, 0.3) is 0 Å². The van der Waals surface area contributed by atoms with E-state index in [1.165, 1.54) is 0 Å².